The number of nitrogens with zero attached hydrogens (tertiary/aromatic N) is 3. The third-order valence-electron chi connectivity index (χ3n) is 4.51. The van der Waals surface area contributed by atoms with E-state index in [1.807, 2.05) is 23.1 Å². The van der Waals surface area contributed by atoms with Crippen molar-refractivity contribution in [2.45, 2.75) is 65.0 Å². The standard InChI is InChI=1S/C19H35N5O.HI/c1-3-20-19(22-15-17(2)16-24-13-8-11-23-24)21-12-14-25-18-9-6-4-5-7-10-18;/h8,11,13,17-18H,3-7,9-10,12,14-16H2,1-2H3,(H2,20,21,22);1H. The molecule has 0 spiro atoms. The Balaban J connectivity index is 0.00000338. The predicted molar refractivity (Wildman–Crippen MR) is 118 cm³/mol. The van der Waals surface area contributed by atoms with Crippen molar-refractivity contribution in [3.8, 4) is 0 Å². The maximum absolute atomic E-state index is 6.03. The predicted octanol–water partition coefficient (Wildman–Crippen LogP) is 3.43. The molecule has 1 aromatic heterocycles. The van der Waals surface area contributed by atoms with Gasteiger partial charge in [-0.15, -0.1) is 24.0 Å². The smallest absolute Gasteiger partial charge is 0.191 e. The fraction of sp³-hybridized carbons (Fsp3) is 0.789. The molecule has 2 N–H and O–H groups in total. The van der Waals surface area contributed by atoms with Crippen molar-refractivity contribution in [3.63, 3.8) is 0 Å². The minimum atomic E-state index is 0. The van der Waals surface area contributed by atoms with Crippen LogP contribution in [0.4, 0.5) is 0 Å². The molecule has 0 amide bonds. The number of rotatable bonds is 9. The normalized spacial score (nSPS) is 17.2. The minimum Gasteiger partial charge on any atom is -0.376 e. The maximum atomic E-state index is 6.03. The van der Waals surface area contributed by atoms with Gasteiger partial charge in [-0.2, -0.15) is 5.10 Å². The average Bonchev–Trinajstić information content (AvgIpc) is 2.97. The molecule has 1 aliphatic rings. The van der Waals surface area contributed by atoms with Gasteiger partial charge in [-0.25, -0.2) is 0 Å². The molecule has 1 saturated carbocycles. The zero-order valence-corrected chi connectivity index (χ0v) is 18.7. The Morgan fingerprint density at radius 2 is 2.04 bits per heavy atom. The molecule has 26 heavy (non-hydrogen) atoms. The molecule has 7 heteroatoms. The van der Waals surface area contributed by atoms with Crippen LogP contribution in [0.5, 0.6) is 0 Å². The lowest BCUT2D eigenvalue weighted by atomic mass is 10.1. The molecule has 1 heterocycles. The van der Waals surface area contributed by atoms with Gasteiger partial charge in [-0.3, -0.25) is 9.67 Å². The van der Waals surface area contributed by atoms with Crippen LogP contribution in [0.1, 0.15) is 52.4 Å². The molecule has 0 radical (unpaired) electrons. The van der Waals surface area contributed by atoms with E-state index in [4.69, 9.17) is 9.73 Å². The lowest BCUT2D eigenvalue weighted by Gasteiger charge is -2.17. The summed E-state index contributed by atoms with van der Waals surface area (Å²) in [5, 5.41) is 10.9. The first kappa shape index (κ1) is 23.2. The maximum Gasteiger partial charge on any atom is 0.191 e. The highest BCUT2D eigenvalue weighted by Crippen LogP contribution is 2.19. The Labute approximate surface area is 175 Å². The molecule has 2 rings (SSSR count). The number of ether oxygens (including phenoxy) is 1. The van der Waals surface area contributed by atoms with Crippen molar-refractivity contribution in [2.24, 2.45) is 10.9 Å². The van der Waals surface area contributed by atoms with E-state index >= 15 is 0 Å². The summed E-state index contributed by atoms with van der Waals surface area (Å²) >= 11 is 0. The number of nitrogens with one attached hydrogen (secondary N) is 2. The van der Waals surface area contributed by atoms with Crippen molar-refractivity contribution >= 4 is 29.9 Å². The summed E-state index contributed by atoms with van der Waals surface area (Å²) in [4.78, 5) is 4.69. The Morgan fingerprint density at radius 1 is 1.27 bits per heavy atom. The Bertz CT molecular complexity index is 472. The number of aliphatic imine (C=N–C) groups is 1. The van der Waals surface area contributed by atoms with Crippen molar-refractivity contribution in [2.75, 3.05) is 26.2 Å². The molecule has 1 fully saturated rings. The van der Waals surface area contributed by atoms with Gasteiger partial charge in [0.1, 0.15) is 0 Å². The molecule has 1 atom stereocenters. The van der Waals surface area contributed by atoms with Crippen molar-refractivity contribution in [3.05, 3.63) is 18.5 Å². The third kappa shape index (κ3) is 9.75. The first-order chi connectivity index (χ1) is 12.3. The minimum absolute atomic E-state index is 0. The number of halogens is 1. The third-order valence-corrected chi connectivity index (χ3v) is 4.51. The molecule has 0 bridgehead atoms. The molecule has 1 aromatic rings. The second-order valence-electron chi connectivity index (χ2n) is 6.96. The summed E-state index contributed by atoms with van der Waals surface area (Å²) < 4.78 is 7.99. The van der Waals surface area contributed by atoms with Crippen LogP contribution in [-0.4, -0.2) is 48.1 Å². The summed E-state index contributed by atoms with van der Waals surface area (Å²) in [6.07, 6.45) is 12.1. The second-order valence-corrected chi connectivity index (χ2v) is 6.96. The van der Waals surface area contributed by atoms with Crippen LogP contribution >= 0.6 is 24.0 Å². The van der Waals surface area contributed by atoms with Crippen LogP contribution in [0.25, 0.3) is 0 Å². The number of aromatic nitrogens is 2. The van der Waals surface area contributed by atoms with Crippen LogP contribution in [-0.2, 0) is 11.3 Å². The monoisotopic (exact) mass is 477 g/mol. The topological polar surface area (TPSA) is 63.5 Å². The summed E-state index contributed by atoms with van der Waals surface area (Å²) in [6, 6.07) is 1.95. The molecule has 0 aromatic carbocycles. The number of hydrogen-bond donors (Lipinski definition) is 2. The molecular formula is C19H36IN5O. The largest absolute Gasteiger partial charge is 0.376 e. The van der Waals surface area contributed by atoms with Crippen LogP contribution in [0.2, 0.25) is 0 Å². The highest BCUT2D eigenvalue weighted by molar-refractivity contribution is 14.0. The van der Waals surface area contributed by atoms with Gasteiger partial charge in [-0.1, -0.05) is 32.6 Å². The number of hydrogen-bond acceptors (Lipinski definition) is 3. The summed E-state index contributed by atoms with van der Waals surface area (Å²) in [7, 11) is 0. The Morgan fingerprint density at radius 3 is 2.69 bits per heavy atom. The first-order valence-corrected chi connectivity index (χ1v) is 9.89. The summed E-state index contributed by atoms with van der Waals surface area (Å²) in [6.45, 7) is 8.37. The fourth-order valence-corrected chi connectivity index (χ4v) is 3.18. The summed E-state index contributed by atoms with van der Waals surface area (Å²) in [5.74, 6) is 1.32. The van der Waals surface area contributed by atoms with E-state index in [2.05, 4.69) is 29.6 Å². The van der Waals surface area contributed by atoms with Crippen LogP contribution in [0, 0.1) is 5.92 Å². The Kier molecular flexibility index (Phi) is 12.7. The molecule has 150 valence electrons. The van der Waals surface area contributed by atoms with E-state index < -0.39 is 0 Å². The molecule has 6 nitrogen and oxygen atoms in total. The molecular weight excluding hydrogens is 441 g/mol. The summed E-state index contributed by atoms with van der Waals surface area (Å²) in [5.41, 5.74) is 0. The fourth-order valence-electron chi connectivity index (χ4n) is 3.18. The van der Waals surface area contributed by atoms with E-state index in [0.29, 0.717) is 12.0 Å². The second kappa shape index (κ2) is 14.3. The van der Waals surface area contributed by atoms with Gasteiger partial charge >= 0.3 is 0 Å². The van der Waals surface area contributed by atoms with E-state index in [-0.39, 0.29) is 24.0 Å². The SMILES string of the molecule is CCNC(=NCC(C)Cn1cccn1)NCCOC1CCCCCC1.I. The van der Waals surface area contributed by atoms with E-state index in [1.54, 1.807) is 0 Å². The molecule has 1 unspecified atom stereocenters. The van der Waals surface area contributed by atoms with Crippen LogP contribution < -0.4 is 10.6 Å². The van der Waals surface area contributed by atoms with E-state index in [9.17, 15) is 0 Å². The van der Waals surface area contributed by atoms with Crippen LogP contribution in [0.3, 0.4) is 0 Å². The lowest BCUT2D eigenvalue weighted by molar-refractivity contribution is 0.0468. The lowest BCUT2D eigenvalue weighted by Crippen LogP contribution is -2.39. The highest BCUT2D eigenvalue weighted by atomic mass is 127. The number of guanidine groups is 1. The Hall–Kier alpha value is -0.830. The zero-order valence-electron chi connectivity index (χ0n) is 16.3. The van der Waals surface area contributed by atoms with Gasteiger partial charge in [0.05, 0.1) is 12.7 Å². The molecule has 0 aliphatic heterocycles. The van der Waals surface area contributed by atoms with Crippen LogP contribution in [0.15, 0.2) is 23.5 Å². The van der Waals surface area contributed by atoms with E-state index in [1.165, 1.54) is 38.5 Å². The van der Waals surface area contributed by atoms with Gasteiger partial charge in [0.25, 0.3) is 0 Å². The van der Waals surface area contributed by atoms with Gasteiger partial charge in [0.2, 0.25) is 0 Å². The van der Waals surface area contributed by atoms with Crippen molar-refractivity contribution in [1.82, 2.24) is 20.4 Å². The van der Waals surface area contributed by atoms with Gasteiger partial charge in [0, 0.05) is 38.6 Å². The molecule has 0 saturated heterocycles. The first-order valence-electron chi connectivity index (χ1n) is 9.89. The van der Waals surface area contributed by atoms with Gasteiger partial charge in [-0.05, 0) is 31.7 Å². The van der Waals surface area contributed by atoms with Gasteiger partial charge < -0.3 is 15.4 Å². The quantitative estimate of drug-likeness (QED) is 0.188. The highest BCUT2D eigenvalue weighted by Gasteiger charge is 2.12. The van der Waals surface area contributed by atoms with Gasteiger partial charge in [0.15, 0.2) is 5.96 Å². The zero-order chi connectivity index (χ0) is 17.7. The van der Waals surface area contributed by atoms with Crippen molar-refractivity contribution < 1.29 is 4.74 Å². The van der Waals surface area contributed by atoms with Crippen molar-refractivity contribution in [1.29, 1.82) is 0 Å². The molecule has 1 aliphatic carbocycles. The van der Waals surface area contributed by atoms with E-state index in [0.717, 1.165) is 38.7 Å². The average molecular weight is 477 g/mol.